The first-order chi connectivity index (χ1) is 6.43. The lowest BCUT2D eigenvalue weighted by Crippen LogP contribution is -2.56. The van der Waals surface area contributed by atoms with Crippen LogP contribution in [0.4, 0.5) is 0 Å². The Labute approximate surface area is 76.5 Å². The fourth-order valence-corrected chi connectivity index (χ4v) is 0.726. The zero-order chi connectivity index (χ0) is 11.4. The number of hydrogen-bond acceptors (Lipinski definition) is 6. The molecular weight excluding hydrogens is 180 g/mol. The molecule has 0 heterocycles. The summed E-state index contributed by atoms with van der Waals surface area (Å²) >= 11 is 0. The molecule has 0 bridgehead atoms. The molecule has 0 spiro atoms. The van der Waals surface area contributed by atoms with Crippen LogP contribution in [-0.4, -0.2) is 62.3 Å². The van der Waals surface area contributed by atoms with Crippen molar-refractivity contribution in [3.8, 4) is 0 Å². The molecule has 0 radical (unpaired) electrons. The van der Waals surface area contributed by atoms with Crippen molar-refractivity contribution in [1.82, 2.24) is 0 Å². The molecular formula is C7H14O6. The Hall–Kier alpha value is -0.530. The summed E-state index contributed by atoms with van der Waals surface area (Å²) in [6, 6.07) is 0. The van der Waals surface area contributed by atoms with Crippen LogP contribution in [0.1, 0.15) is 8.27 Å². The van der Waals surface area contributed by atoms with Crippen LogP contribution in [0.3, 0.4) is 0 Å². The van der Waals surface area contributed by atoms with Gasteiger partial charge >= 0.3 is 0 Å². The first kappa shape index (κ1) is 10.6. The first-order valence-electron chi connectivity index (χ1n) is 4.26. The third kappa shape index (κ3) is 2.71. The molecule has 0 aromatic rings. The van der Waals surface area contributed by atoms with Gasteiger partial charge in [-0.05, 0) is 6.90 Å². The second kappa shape index (κ2) is 4.64. The second-order valence-electron chi connectivity index (χ2n) is 2.77. The van der Waals surface area contributed by atoms with Gasteiger partial charge in [0.1, 0.15) is 23.9 Å². The summed E-state index contributed by atoms with van der Waals surface area (Å²) in [7, 11) is 0. The molecule has 0 aromatic heterocycles. The van der Waals surface area contributed by atoms with Gasteiger partial charge in [0.05, 0.1) is 6.61 Å². The van der Waals surface area contributed by atoms with Crippen molar-refractivity contribution in [3.63, 3.8) is 0 Å². The quantitative estimate of drug-likeness (QED) is 0.299. The average molecular weight is 195 g/mol. The standard InChI is InChI=1S/C7H14O6/c1-7(13,5(11)3-9)6(12)4(10)2-8/h3-6,8,10-13H,2H2,1H3/t4-,5+,6-,7-/m1/s1/i1D. The lowest BCUT2D eigenvalue weighted by atomic mass is 9.90. The summed E-state index contributed by atoms with van der Waals surface area (Å²) < 4.78 is 6.87. The van der Waals surface area contributed by atoms with E-state index >= 15 is 0 Å². The third-order valence-corrected chi connectivity index (χ3v) is 1.70. The Morgan fingerprint density at radius 1 is 1.54 bits per heavy atom. The van der Waals surface area contributed by atoms with Crippen molar-refractivity contribution in [2.24, 2.45) is 0 Å². The largest absolute Gasteiger partial charge is 0.394 e. The molecule has 0 unspecified atom stereocenters. The molecule has 6 heteroatoms. The van der Waals surface area contributed by atoms with Gasteiger partial charge in [0, 0.05) is 1.37 Å². The van der Waals surface area contributed by atoms with Crippen LogP contribution in [0.5, 0.6) is 0 Å². The van der Waals surface area contributed by atoms with E-state index < -0.39 is 37.4 Å². The summed E-state index contributed by atoms with van der Waals surface area (Å²) in [4.78, 5) is 10.2. The first-order valence-corrected chi connectivity index (χ1v) is 3.56. The molecule has 0 aliphatic heterocycles. The number of aldehydes is 1. The Morgan fingerprint density at radius 3 is 2.38 bits per heavy atom. The van der Waals surface area contributed by atoms with Gasteiger partial charge in [-0.3, -0.25) is 0 Å². The van der Waals surface area contributed by atoms with Crippen molar-refractivity contribution >= 4 is 6.29 Å². The highest BCUT2D eigenvalue weighted by Crippen LogP contribution is 2.16. The van der Waals surface area contributed by atoms with Gasteiger partial charge in [0.2, 0.25) is 0 Å². The van der Waals surface area contributed by atoms with Gasteiger partial charge in [0.25, 0.3) is 0 Å². The van der Waals surface area contributed by atoms with E-state index in [2.05, 4.69) is 0 Å². The Morgan fingerprint density at radius 2 is 2.08 bits per heavy atom. The van der Waals surface area contributed by atoms with Gasteiger partial charge in [-0.15, -0.1) is 0 Å². The molecule has 0 aromatic carbocycles. The lowest BCUT2D eigenvalue weighted by molar-refractivity contribution is -0.173. The van der Waals surface area contributed by atoms with Gasteiger partial charge in [-0.2, -0.15) is 0 Å². The molecule has 4 atom stereocenters. The zero-order valence-corrected chi connectivity index (χ0v) is 6.87. The highest BCUT2D eigenvalue weighted by atomic mass is 16.4. The maximum Gasteiger partial charge on any atom is 0.151 e. The smallest absolute Gasteiger partial charge is 0.151 e. The molecule has 0 saturated carbocycles. The molecule has 6 nitrogen and oxygen atoms in total. The fourth-order valence-electron chi connectivity index (χ4n) is 0.726. The van der Waals surface area contributed by atoms with E-state index in [1.807, 2.05) is 0 Å². The number of hydrogen-bond donors (Lipinski definition) is 5. The zero-order valence-electron chi connectivity index (χ0n) is 7.87. The van der Waals surface area contributed by atoms with Crippen LogP contribution in [0, 0.1) is 0 Å². The summed E-state index contributed by atoms with van der Waals surface area (Å²) in [5.74, 6) is 0. The van der Waals surface area contributed by atoms with E-state index in [0.29, 0.717) is 0 Å². The van der Waals surface area contributed by atoms with Crippen molar-refractivity contribution in [3.05, 3.63) is 0 Å². The highest BCUT2D eigenvalue weighted by molar-refractivity contribution is 5.58. The van der Waals surface area contributed by atoms with Gasteiger partial charge in [-0.25, -0.2) is 0 Å². The number of aliphatic hydroxyl groups excluding tert-OH is 4. The van der Waals surface area contributed by atoms with Crippen LogP contribution < -0.4 is 0 Å². The molecule has 0 aliphatic rings. The summed E-state index contributed by atoms with van der Waals surface area (Å²) in [6.45, 7) is -1.74. The topological polar surface area (TPSA) is 118 Å². The van der Waals surface area contributed by atoms with E-state index in [1.54, 1.807) is 0 Å². The second-order valence-corrected chi connectivity index (χ2v) is 2.77. The van der Waals surface area contributed by atoms with E-state index in [-0.39, 0.29) is 6.29 Å². The lowest BCUT2D eigenvalue weighted by Gasteiger charge is -2.32. The Kier molecular flexibility index (Phi) is 3.76. The molecule has 78 valence electrons. The molecule has 0 aliphatic carbocycles. The van der Waals surface area contributed by atoms with E-state index in [4.69, 9.17) is 16.7 Å². The van der Waals surface area contributed by atoms with Crippen LogP contribution >= 0.6 is 0 Å². The predicted octanol–water partition coefficient (Wildman–Crippen LogP) is -2.99. The predicted molar refractivity (Wildman–Crippen MR) is 41.8 cm³/mol. The summed E-state index contributed by atoms with van der Waals surface area (Å²) in [5, 5.41) is 45.1. The van der Waals surface area contributed by atoms with Crippen molar-refractivity contribution < 1.29 is 31.7 Å². The van der Waals surface area contributed by atoms with E-state index in [0.717, 1.165) is 0 Å². The van der Waals surface area contributed by atoms with Crippen molar-refractivity contribution in [2.75, 3.05) is 6.61 Å². The molecule has 5 N–H and O–H groups in total. The van der Waals surface area contributed by atoms with E-state index in [1.165, 1.54) is 0 Å². The van der Waals surface area contributed by atoms with Gasteiger partial charge in [0.15, 0.2) is 6.29 Å². The number of carbonyl (C=O) groups is 1. The normalized spacial score (nSPS) is 23.9. The summed E-state index contributed by atoms with van der Waals surface area (Å²) in [5.41, 5.74) is -2.47. The maximum atomic E-state index is 10.2. The number of aliphatic hydroxyl groups is 5. The van der Waals surface area contributed by atoms with Crippen LogP contribution in [-0.2, 0) is 4.79 Å². The maximum absolute atomic E-state index is 10.2. The molecule has 0 rings (SSSR count). The van der Waals surface area contributed by atoms with Gasteiger partial charge < -0.3 is 30.3 Å². The minimum atomic E-state index is -2.47. The Bertz CT molecular complexity index is 189. The minimum Gasteiger partial charge on any atom is -0.394 e. The molecule has 13 heavy (non-hydrogen) atoms. The SMILES string of the molecule is [2H]C[C@](O)([C@H](O)[C@H](O)CO)[C@@H](O)C=O. The van der Waals surface area contributed by atoms with Crippen molar-refractivity contribution in [2.45, 2.75) is 30.8 Å². The monoisotopic (exact) mass is 195 g/mol. The summed E-state index contributed by atoms with van der Waals surface area (Å²) in [6.07, 6.45) is -5.73. The third-order valence-electron chi connectivity index (χ3n) is 1.70. The van der Waals surface area contributed by atoms with Crippen LogP contribution in [0.2, 0.25) is 0 Å². The number of carbonyl (C=O) groups excluding carboxylic acids is 1. The average Bonchev–Trinajstić information content (AvgIpc) is 2.24. The number of rotatable bonds is 5. The van der Waals surface area contributed by atoms with Crippen LogP contribution in [0.15, 0.2) is 0 Å². The molecule has 0 saturated heterocycles. The molecule has 0 amide bonds. The Balaban J connectivity index is 4.74. The fraction of sp³-hybridized carbons (Fsp3) is 0.857. The van der Waals surface area contributed by atoms with Crippen molar-refractivity contribution in [1.29, 1.82) is 0 Å². The van der Waals surface area contributed by atoms with Gasteiger partial charge in [-0.1, -0.05) is 0 Å². The minimum absolute atomic E-state index is 0.0537. The highest BCUT2D eigenvalue weighted by Gasteiger charge is 2.41. The van der Waals surface area contributed by atoms with Crippen LogP contribution in [0.25, 0.3) is 0 Å². The molecule has 0 fully saturated rings. The van der Waals surface area contributed by atoms with E-state index in [9.17, 15) is 15.0 Å².